The van der Waals surface area contributed by atoms with Gasteiger partial charge in [-0.25, -0.2) is 9.97 Å². The number of thiazole rings is 1. The maximum Gasteiger partial charge on any atom is 0.253 e. The summed E-state index contributed by atoms with van der Waals surface area (Å²) in [5, 5.41) is 12.4. The molecule has 0 bridgehead atoms. The zero-order chi connectivity index (χ0) is 22.2. The van der Waals surface area contributed by atoms with Gasteiger partial charge in [-0.2, -0.15) is 0 Å². The van der Waals surface area contributed by atoms with Crippen LogP contribution in [0.3, 0.4) is 0 Å². The van der Waals surface area contributed by atoms with Crippen LogP contribution in [0.15, 0.2) is 35.8 Å². The average molecular weight is 466 g/mol. The van der Waals surface area contributed by atoms with E-state index >= 15 is 0 Å². The van der Waals surface area contributed by atoms with Gasteiger partial charge in [0.05, 0.1) is 15.8 Å². The van der Waals surface area contributed by atoms with Gasteiger partial charge in [0, 0.05) is 41.0 Å². The molecule has 1 saturated carbocycles. The molecule has 9 heteroatoms. The summed E-state index contributed by atoms with van der Waals surface area (Å²) in [7, 11) is 1.86. The van der Waals surface area contributed by atoms with E-state index in [0.717, 1.165) is 44.4 Å². The first-order chi connectivity index (χ1) is 15.5. The van der Waals surface area contributed by atoms with Crippen molar-refractivity contribution in [2.24, 2.45) is 5.92 Å². The number of anilines is 1. The first-order valence-corrected chi connectivity index (χ1v) is 12.3. The van der Waals surface area contributed by atoms with E-state index in [1.807, 2.05) is 43.7 Å². The van der Waals surface area contributed by atoms with Gasteiger partial charge in [0.15, 0.2) is 5.13 Å². The van der Waals surface area contributed by atoms with E-state index in [1.165, 1.54) is 22.7 Å². The summed E-state index contributed by atoms with van der Waals surface area (Å²) in [5.41, 5.74) is 3.43. The van der Waals surface area contributed by atoms with Gasteiger partial charge in [-0.05, 0) is 50.6 Å². The van der Waals surface area contributed by atoms with Gasteiger partial charge >= 0.3 is 0 Å². The van der Waals surface area contributed by atoms with E-state index < -0.39 is 0 Å². The molecule has 3 N–H and O–H groups in total. The van der Waals surface area contributed by atoms with Crippen molar-refractivity contribution in [2.45, 2.75) is 25.8 Å². The van der Waals surface area contributed by atoms with Crippen LogP contribution >= 0.6 is 22.7 Å². The van der Waals surface area contributed by atoms with Gasteiger partial charge in [0.2, 0.25) is 5.91 Å². The molecule has 1 aromatic carbocycles. The lowest BCUT2D eigenvalue weighted by atomic mass is 10.1. The van der Waals surface area contributed by atoms with E-state index in [2.05, 4.69) is 32.0 Å². The Bertz CT molecular complexity index is 1320. The maximum absolute atomic E-state index is 12.8. The molecule has 4 aromatic rings. The Morgan fingerprint density at radius 2 is 2.06 bits per heavy atom. The third kappa shape index (κ3) is 4.23. The average Bonchev–Trinajstić information content (AvgIpc) is 3.42. The van der Waals surface area contributed by atoms with Crippen LogP contribution in [0, 0.1) is 5.92 Å². The summed E-state index contributed by atoms with van der Waals surface area (Å²) in [4.78, 5) is 34.8. The number of likely N-dealkylation sites (N-methyl/N-ethyl adjacent to an activating group) is 1. The Morgan fingerprint density at radius 1 is 1.22 bits per heavy atom. The predicted molar refractivity (Wildman–Crippen MR) is 130 cm³/mol. The summed E-state index contributed by atoms with van der Waals surface area (Å²) < 4.78 is 0.998. The highest BCUT2D eigenvalue weighted by Crippen LogP contribution is 2.35. The standard InChI is InChI=1S/C23H23N5O2S2/c1-12(9-24-2)26-21(30)17-11-31-22-16(17)7-15(10-25-22)14-5-6-18-19(8-14)32-23(27-18)28-20(29)13-3-4-13/h5-8,10-13,24H,3-4,9H2,1-2H3,(H,26,30)(H,27,28,29). The van der Waals surface area contributed by atoms with Crippen molar-refractivity contribution >= 4 is 60.1 Å². The summed E-state index contributed by atoms with van der Waals surface area (Å²) in [5.74, 6) is 0.117. The highest BCUT2D eigenvalue weighted by atomic mass is 32.1. The minimum atomic E-state index is -0.0908. The molecule has 0 aliphatic heterocycles. The molecule has 1 aliphatic rings. The number of hydrogen-bond donors (Lipinski definition) is 3. The Kier molecular flexibility index (Phi) is 5.62. The topological polar surface area (TPSA) is 96.0 Å². The van der Waals surface area contributed by atoms with Gasteiger partial charge in [0.1, 0.15) is 4.83 Å². The second-order valence-electron chi connectivity index (χ2n) is 8.12. The Balaban J connectivity index is 1.43. The molecule has 0 radical (unpaired) electrons. The fourth-order valence-corrected chi connectivity index (χ4v) is 5.40. The zero-order valence-electron chi connectivity index (χ0n) is 17.8. The molecule has 5 rings (SSSR count). The fraction of sp³-hybridized carbons (Fsp3) is 0.304. The number of carbonyl (C=O) groups is 2. The minimum Gasteiger partial charge on any atom is -0.348 e. The number of fused-ring (bicyclic) bond motifs is 2. The highest BCUT2D eigenvalue weighted by molar-refractivity contribution is 7.22. The quantitative estimate of drug-likeness (QED) is 0.379. The second kappa shape index (κ2) is 8.57. The van der Waals surface area contributed by atoms with Crippen LogP contribution in [-0.2, 0) is 4.79 Å². The van der Waals surface area contributed by atoms with Gasteiger partial charge < -0.3 is 16.0 Å². The van der Waals surface area contributed by atoms with Crippen molar-refractivity contribution in [2.75, 3.05) is 18.9 Å². The van der Waals surface area contributed by atoms with Crippen molar-refractivity contribution in [3.05, 3.63) is 41.4 Å². The highest BCUT2D eigenvalue weighted by Gasteiger charge is 2.30. The van der Waals surface area contributed by atoms with Crippen molar-refractivity contribution in [1.29, 1.82) is 0 Å². The lowest BCUT2D eigenvalue weighted by Crippen LogP contribution is -2.38. The summed E-state index contributed by atoms with van der Waals surface area (Å²) in [6, 6.07) is 8.07. The van der Waals surface area contributed by atoms with Crippen molar-refractivity contribution in [3.8, 4) is 11.1 Å². The van der Waals surface area contributed by atoms with Crippen LogP contribution < -0.4 is 16.0 Å². The van der Waals surface area contributed by atoms with E-state index in [4.69, 9.17) is 0 Å². The molecule has 0 spiro atoms. The van der Waals surface area contributed by atoms with E-state index in [9.17, 15) is 9.59 Å². The Labute approximate surface area is 193 Å². The molecule has 164 valence electrons. The number of hydrogen-bond acceptors (Lipinski definition) is 7. The number of nitrogens with zero attached hydrogens (tertiary/aromatic N) is 2. The molecule has 1 atom stereocenters. The fourth-order valence-electron chi connectivity index (χ4n) is 3.62. The van der Waals surface area contributed by atoms with Crippen LogP contribution in [0.5, 0.6) is 0 Å². The molecule has 32 heavy (non-hydrogen) atoms. The van der Waals surface area contributed by atoms with Crippen LogP contribution in [0.1, 0.15) is 30.1 Å². The van der Waals surface area contributed by atoms with Crippen LogP contribution in [0.2, 0.25) is 0 Å². The number of thiophene rings is 1. The van der Waals surface area contributed by atoms with Gasteiger partial charge in [0.25, 0.3) is 5.91 Å². The number of carbonyl (C=O) groups excluding carboxylic acids is 2. The third-order valence-electron chi connectivity index (χ3n) is 5.46. The zero-order valence-corrected chi connectivity index (χ0v) is 19.4. The molecule has 0 saturated heterocycles. The summed E-state index contributed by atoms with van der Waals surface area (Å²) in [6.45, 7) is 2.67. The van der Waals surface area contributed by atoms with E-state index in [1.54, 1.807) is 0 Å². The van der Waals surface area contributed by atoms with Gasteiger partial charge in [-0.3, -0.25) is 9.59 Å². The molecular weight excluding hydrogens is 442 g/mol. The van der Waals surface area contributed by atoms with E-state index in [-0.39, 0.29) is 23.8 Å². The van der Waals surface area contributed by atoms with Gasteiger partial charge in [-0.1, -0.05) is 17.4 Å². The molecule has 1 unspecified atom stereocenters. The number of amides is 2. The number of aromatic nitrogens is 2. The van der Waals surface area contributed by atoms with Crippen molar-refractivity contribution in [1.82, 2.24) is 20.6 Å². The van der Waals surface area contributed by atoms with Crippen molar-refractivity contribution in [3.63, 3.8) is 0 Å². The van der Waals surface area contributed by atoms with E-state index in [0.29, 0.717) is 17.2 Å². The van der Waals surface area contributed by atoms with Crippen LogP contribution in [-0.4, -0.2) is 41.4 Å². The number of nitrogens with one attached hydrogen (secondary N) is 3. The van der Waals surface area contributed by atoms with Crippen LogP contribution in [0.25, 0.3) is 31.6 Å². The molecule has 3 heterocycles. The SMILES string of the molecule is CNCC(C)NC(=O)c1csc2ncc(-c3ccc4nc(NC(=O)C5CC5)sc4c3)cc12. The monoisotopic (exact) mass is 465 g/mol. The molecule has 2 amide bonds. The first kappa shape index (κ1) is 21.0. The molecule has 1 fully saturated rings. The Morgan fingerprint density at radius 3 is 2.84 bits per heavy atom. The lowest BCUT2D eigenvalue weighted by Gasteiger charge is -2.12. The lowest BCUT2D eigenvalue weighted by molar-refractivity contribution is -0.117. The molecule has 3 aromatic heterocycles. The smallest absolute Gasteiger partial charge is 0.253 e. The number of benzene rings is 1. The molecule has 7 nitrogen and oxygen atoms in total. The first-order valence-electron chi connectivity index (χ1n) is 10.6. The number of rotatable bonds is 7. The summed E-state index contributed by atoms with van der Waals surface area (Å²) in [6.07, 6.45) is 3.77. The minimum absolute atomic E-state index is 0.0296. The Hall–Kier alpha value is -2.88. The van der Waals surface area contributed by atoms with Crippen molar-refractivity contribution < 1.29 is 9.59 Å². The molecular formula is C23H23N5O2S2. The second-order valence-corrected chi connectivity index (χ2v) is 10.0. The number of pyridine rings is 1. The largest absolute Gasteiger partial charge is 0.348 e. The molecule has 1 aliphatic carbocycles. The third-order valence-corrected chi connectivity index (χ3v) is 7.30. The maximum atomic E-state index is 12.8. The van der Waals surface area contributed by atoms with Gasteiger partial charge in [-0.15, -0.1) is 11.3 Å². The van der Waals surface area contributed by atoms with Crippen LogP contribution in [0.4, 0.5) is 5.13 Å². The summed E-state index contributed by atoms with van der Waals surface area (Å²) >= 11 is 2.94. The predicted octanol–water partition coefficient (Wildman–Crippen LogP) is 4.26. The normalized spacial score (nSPS) is 14.6.